The molecule has 0 unspecified atom stereocenters. The van der Waals surface area contributed by atoms with E-state index in [1.54, 1.807) is 36.7 Å². The van der Waals surface area contributed by atoms with E-state index in [9.17, 15) is 9.59 Å². The number of carbonyl (C=O) groups is 2. The lowest BCUT2D eigenvalue weighted by Crippen LogP contribution is -2.43. The quantitative estimate of drug-likeness (QED) is 0.505. The molecule has 166 valence electrons. The molecule has 1 aromatic carbocycles. The van der Waals surface area contributed by atoms with Crippen molar-refractivity contribution in [2.75, 3.05) is 43.9 Å². The molecule has 0 saturated carbocycles. The van der Waals surface area contributed by atoms with E-state index in [2.05, 4.69) is 37.4 Å². The first kappa shape index (κ1) is 21.9. The van der Waals surface area contributed by atoms with Crippen LogP contribution in [0.5, 0.6) is 0 Å². The van der Waals surface area contributed by atoms with Crippen molar-refractivity contribution in [3.05, 3.63) is 65.6 Å². The Morgan fingerprint density at radius 1 is 1.06 bits per heavy atom. The molecule has 0 aliphatic carbocycles. The monoisotopic (exact) mass is 451 g/mol. The van der Waals surface area contributed by atoms with Crippen molar-refractivity contribution in [3.63, 3.8) is 0 Å². The van der Waals surface area contributed by atoms with Gasteiger partial charge in [-0.25, -0.2) is 4.98 Å². The molecule has 3 heterocycles. The summed E-state index contributed by atoms with van der Waals surface area (Å²) in [5, 5.41) is 6.60. The molecule has 0 bridgehead atoms. The van der Waals surface area contributed by atoms with Crippen molar-refractivity contribution < 1.29 is 9.59 Å². The number of hydrogen-bond acceptors (Lipinski definition) is 8. The van der Waals surface area contributed by atoms with Gasteiger partial charge in [0.2, 0.25) is 0 Å². The van der Waals surface area contributed by atoms with E-state index >= 15 is 0 Å². The normalized spacial score (nSPS) is 14.8. The molecular formula is C22H25N7O2S. The molecule has 0 radical (unpaired) electrons. The number of pyridine rings is 1. The molecule has 10 heteroatoms. The molecule has 1 aliphatic rings. The van der Waals surface area contributed by atoms with Crippen LogP contribution in [-0.2, 0) is 6.54 Å². The summed E-state index contributed by atoms with van der Waals surface area (Å²) in [7, 11) is 2.13. The van der Waals surface area contributed by atoms with Crippen LogP contribution >= 0.6 is 11.3 Å². The number of rotatable bonds is 7. The summed E-state index contributed by atoms with van der Waals surface area (Å²) in [6.07, 6.45) is 3.28. The van der Waals surface area contributed by atoms with E-state index < -0.39 is 5.91 Å². The van der Waals surface area contributed by atoms with Crippen LogP contribution in [0.4, 0.5) is 15.8 Å². The van der Waals surface area contributed by atoms with Crippen molar-refractivity contribution >= 4 is 39.0 Å². The zero-order chi connectivity index (χ0) is 22.5. The van der Waals surface area contributed by atoms with E-state index in [-0.39, 0.29) is 11.6 Å². The van der Waals surface area contributed by atoms with Crippen molar-refractivity contribution in [2.45, 2.75) is 6.54 Å². The van der Waals surface area contributed by atoms with E-state index in [1.165, 1.54) is 0 Å². The standard InChI is InChI=1S/C22H25N7O2S/c1-28-10-12-29(13-11-28)14-15-2-4-16(5-3-15)20(31)27-21-18(19(23)30)26-22(32-21)25-17-6-8-24-9-7-17/h2-9H,10-14H2,1H3,(H2,23,30)(H,27,31)(H,24,25,26). The van der Waals surface area contributed by atoms with Gasteiger partial charge in [-0.3, -0.25) is 19.5 Å². The SMILES string of the molecule is CN1CCN(Cc2ccc(C(=O)Nc3sc(Nc4ccncc4)nc3C(N)=O)cc2)CC1. The van der Waals surface area contributed by atoms with Crippen LogP contribution in [0, 0.1) is 0 Å². The maximum absolute atomic E-state index is 12.8. The van der Waals surface area contributed by atoms with Crippen LogP contribution in [-0.4, -0.2) is 64.8 Å². The Labute approximate surface area is 190 Å². The molecule has 2 aromatic heterocycles. The number of nitrogens with zero attached hydrogens (tertiary/aromatic N) is 4. The van der Waals surface area contributed by atoms with Gasteiger partial charge < -0.3 is 21.3 Å². The number of aromatic nitrogens is 2. The zero-order valence-electron chi connectivity index (χ0n) is 17.7. The maximum Gasteiger partial charge on any atom is 0.270 e. The lowest BCUT2D eigenvalue weighted by molar-refractivity contribution is 0.0997. The Bertz CT molecular complexity index is 1080. The van der Waals surface area contributed by atoms with Gasteiger partial charge >= 0.3 is 0 Å². The summed E-state index contributed by atoms with van der Waals surface area (Å²) >= 11 is 1.15. The molecular weight excluding hydrogens is 426 g/mol. The molecule has 1 aliphatic heterocycles. The molecule has 4 rings (SSSR count). The highest BCUT2D eigenvalue weighted by atomic mass is 32.1. The third-order valence-electron chi connectivity index (χ3n) is 5.24. The second-order valence-corrected chi connectivity index (χ2v) is 8.65. The number of piperazine rings is 1. The molecule has 0 spiro atoms. The average Bonchev–Trinajstić information content (AvgIpc) is 3.19. The fraction of sp³-hybridized carbons (Fsp3) is 0.273. The van der Waals surface area contributed by atoms with Crippen molar-refractivity contribution in [3.8, 4) is 0 Å². The van der Waals surface area contributed by atoms with Crippen LogP contribution in [0.25, 0.3) is 0 Å². The van der Waals surface area contributed by atoms with Gasteiger partial charge in [-0.05, 0) is 36.9 Å². The summed E-state index contributed by atoms with van der Waals surface area (Å²) in [5.41, 5.74) is 7.90. The minimum absolute atomic E-state index is 0.0200. The maximum atomic E-state index is 12.8. The van der Waals surface area contributed by atoms with Crippen LogP contribution < -0.4 is 16.4 Å². The first-order valence-electron chi connectivity index (χ1n) is 10.3. The highest BCUT2D eigenvalue weighted by Crippen LogP contribution is 2.30. The van der Waals surface area contributed by atoms with Crippen molar-refractivity contribution in [1.29, 1.82) is 0 Å². The zero-order valence-corrected chi connectivity index (χ0v) is 18.6. The molecule has 1 fully saturated rings. The Hall–Kier alpha value is -3.34. The van der Waals surface area contributed by atoms with Gasteiger partial charge in [-0.1, -0.05) is 23.5 Å². The topological polar surface area (TPSA) is 116 Å². The Morgan fingerprint density at radius 2 is 1.75 bits per heavy atom. The molecule has 2 amide bonds. The summed E-state index contributed by atoms with van der Waals surface area (Å²) in [6.45, 7) is 5.07. The molecule has 32 heavy (non-hydrogen) atoms. The number of likely N-dealkylation sites (N-methyl/N-ethyl adjacent to an activating group) is 1. The third-order valence-corrected chi connectivity index (χ3v) is 6.12. The first-order valence-corrected chi connectivity index (χ1v) is 11.1. The summed E-state index contributed by atoms with van der Waals surface area (Å²) in [5.74, 6) is -1.03. The summed E-state index contributed by atoms with van der Waals surface area (Å²) in [6, 6.07) is 11.1. The molecule has 9 nitrogen and oxygen atoms in total. The van der Waals surface area contributed by atoms with E-state index in [0.29, 0.717) is 15.7 Å². The van der Waals surface area contributed by atoms with Crippen LogP contribution in [0.3, 0.4) is 0 Å². The average molecular weight is 452 g/mol. The van der Waals surface area contributed by atoms with Gasteiger partial charge in [0.1, 0.15) is 5.00 Å². The second kappa shape index (κ2) is 9.86. The number of anilines is 3. The lowest BCUT2D eigenvalue weighted by Gasteiger charge is -2.32. The smallest absolute Gasteiger partial charge is 0.270 e. The second-order valence-electron chi connectivity index (χ2n) is 7.65. The van der Waals surface area contributed by atoms with Gasteiger partial charge in [0.15, 0.2) is 10.8 Å². The lowest BCUT2D eigenvalue weighted by atomic mass is 10.1. The van der Waals surface area contributed by atoms with E-state index in [4.69, 9.17) is 5.73 Å². The van der Waals surface area contributed by atoms with Gasteiger partial charge in [-0.2, -0.15) is 0 Å². The fourth-order valence-electron chi connectivity index (χ4n) is 3.39. The number of thiazole rings is 1. The minimum Gasteiger partial charge on any atom is -0.364 e. The van der Waals surface area contributed by atoms with Gasteiger partial charge in [0.05, 0.1) is 0 Å². The molecule has 0 atom stereocenters. The Balaban J connectivity index is 1.42. The van der Waals surface area contributed by atoms with E-state index in [1.807, 2.05) is 12.1 Å². The fourth-order valence-corrected chi connectivity index (χ4v) is 4.27. The van der Waals surface area contributed by atoms with Crippen molar-refractivity contribution in [1.82, 2.24) is 19.8 Å². The third kappa shape index (κ3) is 5.47. The summed E-state index contributed by atoms with van der Waals surface area (Å²) in [4.78, 5) is 37.5. The highest BCUT2D eigenvalue weighted by Gasteiger charge is 2.19. The number of nitrogens with one attached hydrogen (secondary N) is 2. The number of amides is 2. The summed E-state index contributed by atoms with van der Waals surface area (Å²) < 4.78 is 0. The van der Waals surface area contributed by atoms with Crippen LogP contribution in [0.15, 0.2) is 48.8 Å². The number of benzene rings is 1. The Kier molecular flexibility index (Phi) is 6.74. The first-order chi connectivity index (χ1) is 15.5. The van der Waals surface area contributed by atoms with E-state index in [0.717, 1.165) is 55.3 Å². The molecule has 1 saturated heterocycles. The minimum atomic E-state index is -0.707. The van der Waals surface area contributed by atoms with Gasteiger partial charge in [-0.15, -0.1) is 0 Å². The predicted octanol–water partition coefficient (Wildman–Crippen LogP) is 2.38. The molecule has 4 N–H and O–H groups in total. The highest BCUT2D eigenvalue weighted by molar-refractivity contribution is 7.20. The number of primary amides is 1. The molecule has 3 aromatic rings. The van der Waals surface area contributed by atoms with Crippen LogP contribution in [0.2, 0.25) is 0 Å². The van der Waals surface area contributed by atoms with Crippen LogP contribution in [0.1, 0.15) is 26.4 Å². The Morgan fingerprint density at radius 3 is 2.41 bits per heavy atom. The predicted molar refractivity (Wildman–Crippen MR) is 125 cm³/mol. The largest absolute Gasteiger partial charge is 0.364 e. The van der Waals surface area contributed by atoms with Crippen molar-refractivity contribution in [2.24, 2.45) is 5.73 Å². The number of nitrogens with two attached hydrogens (primary N) is 1. The number of carbonyl (C=O) groups excluding carboxylic acids is 2. The number of hydrogen-bond donors (Lipinski definition) is 3. The van der Waals surface area contributed by atoms with Gasteiger partial charge in [0.25, 0.3) is 11.8 Å². The van der Waals surface area contributed by atoms with Gasteiger partial charge in [0, 0.05) is 56.4 Å².